The van der Waals surface area contributed by atoms with Gasteiger partial charge in [-0.15, -0.1) is 0 Å². The maximum absolute atomic E-state index is 11.0. The van der Waals surface area contributed by atoms with Gasteiger partial charge in [-0.05, 0) is 30.7 Å². The summed E-state index contributed by atoms with van der Waals surface area (Å²) < 4.78 is 0. The monoisotopic (exact) mass is 300 g/mol. The number of carboxylic acid groups (broad SMARTS) is 1. The van der Waals surface area contributed by atoms with Crippen molar-refractivity contribution in [3.63, 3.8) is 0 Å². The van der Waals surface area contributed by atoms with Crippen molar-refractivity contribution in [3.05, 3.63) is 75.3 Å². The second kappa shape index (κ2) is 7.33. The zero-order valence-corrected chi connectivity index (χ0v) is 11.9. The summed E-state index contributed by atoms with van der Waals surface area (Å²) >= 11 is 0. The molecule has 0 amide bonds. The molecule has 2 N–H and O–H groups in total. The van der Waals surface area contributed by atoms with Crippen molar-refractivity contribution < 1.29 is 14.8 Å². The lowest BCUT2D eigenvalue weighted by Crippen LogP contribution is -2.18. The van der Waals surface area contributed by atoms with Crippen LogP contribution in [0.1, 0.15) is 21.5 Å². The smallest absolute Gasteiger partial charge is 0.335 e. The number of hydrogen-bond donors (Lipinski definition) is 2. The van der Waals surface area contributed by atoms with Crippen molar-refractivity contribution in [2.75, 3.05) is 6.54 Å². The predicted octanol–water partition coefficient (Wildman–Crippen LogP) is 2.63. The standard InChI is InChI=1S/C16H16N2O4/c19-16(20)13-6-7-15(18(21)22)14(10-13)11-17-9-8-12-4-2-1-3-5-12/h1-7,10,17H,8-9,11H2,(H,19,20). The van der Waals surface area contributed by atoms with Gasteiger partial charge in [0.05, 0.1) is 10.5 Å². The molecule has 0 radical (unpaired) electrons. The lowest BCUT2D eigenvalue weighted by Gasteiger charge is -2.07. The SMILES string of the molecule is O=C(O)c1ccc([N+](=O)[O-])c(CNCCc2ccccc2)c1. The van der Waals surface area contributed by atoms with E-state index in [0.29, 0.717) is 12.1 Å². The minimum absolute atomic E-state index is 0.0467. The summed E-state index contributed by atoms with van der Waals surface area (Å²) in [7, 11) is 0. The van der Waals surface area contributed by atoms with Crippen LogP contribution in [0.15, 0.2) is 48.5 Å². The van der Waals surface area contributed by atoms with E-state index in [0.717, 1.165) is 6.42 Å². The van der Waals surface area contributed by atoms with E-state index in [1.807, 2.05) is 30.3 Å². The lowest BCUT2D eigenvalue weighted by molar-refractivity contribution is -0.385. The van der Waals surface area contributed by atoms with Crippen molar-refractivity contribution in [2.45, 2.75) is 13.0 Å². The summed E-state index contributed by atoms with van der Waals surface area (Å²) in [5.41, 5.74) is 1.52. The average molecular weight is 300 g/mol. The Hall–Kier alpha value is -2.73. The number of rotatable bonds is 7. The first kappa shape index (κ1) is 15.7. The summed E-state index contributed by atoms with van der Waals surface area (Å²) in [5, 5.41) is 23.1. The molecule has 0 spiro atoms. The first-order chi connectivity index (χ1) is 10.6. The molecule has 0 heterocycles. The third kappa shape index (κ3) is 4.13. The number of nitro benzene ring substituents is 1. The van der Waals surface area contributed by atoms with Gasteiger partial charge in [-0.1, -0.05) is 30.3 Å². The Kier molecular flexibility index (Phi) is 5.21. The molecule has 0 aromatic heterocycles. The van der Waals surface area contributed by atoms with Gasteiger partial charge in [0.2, 0.25) is 0 Å². The van der Waals surface area contributed by atoms with Gasteiger partial charge >= 0.3 is 5.97 Å². The Morgan fingerprint density at radius 1 is 1.18 bits per heavy atom. The van der Waals surface area contributed by atoms with Crippen LogP contribution in [0.5, 0.6) is 0 Å². The molecule has 0 saturated carbocycles. The first-order valence-corrected chi connectivity index (χ1v) is 6.83. The molecule has 2 rings (SSSR count). The van der Waals surface area contributed by atoms with Crippen LogP contribution in [0.4, 0.5) is 5.69 Å². The molecule has 0 aliphatic rings. The van der Waals surface area contributed by atoms with Gasteiger partial charge in [-0.3, -0.25) is 10.1 Å². The summed E-state index contributed by atoms with van der Waals surface area (Å²) in [4.78, 5) is 21.4. The number of aromatic carboxylic acids is 1. The Morgan fingerprint density at radius 2 is 1.91 bits per heavy atom. The fourth-order valence-corrected chi connectivity index (χ4v) is 2.14. The second-order valence-electron chi connectivity index (χ2n) is 4.82. The Balaban J connectivity index is 2.00. The van der Waals surface area contributed by atoms with E-state index >= 15 is 0 Å². The van der Waals surface area contributed by atoms with Crippen molar-refractivity contribution in [2.24, 2.45) is 0 Å². The van der Waals surface area contributed by atoms with E-state index in [2.05, 4.69) is 5.32 Å². The Bertz CT molecular complexity index is 671. The fourth-order valence-electron chi connectivity index (χ4n) is 2.14. The highest BCUT2D eigenvalue weighted by Gasteiger charge is 2.15. The number of nitrogens with one attached hydrogen (secondary N) is 1. The van der Waals surface area contributed by atoms with Crippen LogP contribution in [0.3, 0.4) is 0 Å². The zero-order chi connectivity index (χ0) is 15.9. The van der Waals surface area contributed by atoms with E-state index < -0.39 is 10.9 Å². The highest BCUT2D eigenvalue weighted by molar-refractivity contribution is 5.88. The molecule has 0 aliphatic carbocycles. The van der Waals surface area contributed by atoms with Crippen molar-refractivity contribution in [3.8, 4) is 0 Å². The molecule has 0 unspecified atom stereocenters. The van der Waals surface area contributed by atoms with Crippen molar-refractivity contribution in [1.29, 1.82) is 0 Å². The molecule has 2 aromatic carbocycles. The maximum Gasteiger partial charge on any atom is 0.335 e. The number of carboxylic acids is 1. The van der Waals surface area contributed by atoms with Crippen LogP contribution in [-0.4, -0.2) is 22.5 Å². The van der Waals surface area contributed by atoms with E-state index in [-0.39, 0.29) is 17.8 Å². The Labute approximate surface area is 127 Å². The summed E-state index contributed by atoms with van der Waals surface area (Å²) in [6.45, 7) is 0.905. The average Bonchev–Trinajstić information content (AvgIpc) is 2.52. The van der Waals surface area contributed by atoms with E-state index in [1.54, 1.807) is 0 Å². The van der Waals surface area contributed by atoms with Crippen LogP contribution in [0, 0.1) is 10.1 Å². The molecule has 114 valence electrons. The van der Waals surface area contributed by atoms with E-state index in [1.165, 1.54) is 23.8 Å². The quantitative estimate of drug-likeness (QED) is 0.466. The molecule has 6 nitrogen and oxygen atoms in total. The third-order valence-electron chi connectivity index (χ3n) is 3.27. The summed E-state index contributed by atoms with van der Waals surface area (Å²) in [5.74, 6) is -1.10. The zero-order valence-electron chi connectivity index (χ0n) is 11.9. The van der Waals surface area contributed by atoms with Gasteiger partial charge in [-0.25, -0.2) is 4.79 Å². The molecule has 0 bridgehead atoms. The summed E-state index contributed by atoms with van der Waals surface area (Å²) in [6.07, 6.45) is 0.799. The lowest BCUT2D eigenvalue weighted by atomic mass is 10.1. The van der Waals surface area contributed by atoms with Crippen LogP contribution in [0.2, 0.25) is 0 Å². The normalized spacial score (nSPS) is 10.4. The molecule has 0 saturated heterocycles. The third-order valence-corrected chi connectivity index (χ3v) is 3.27. The minimum atomic E-state index is -1.10. The molecule has 6 heteroatoms. The van der Waals surface area contributed by atoms with Crippen molar-refractivity contribution >= 4 is 11.7 Å². The number of hydrogen-bond acceptors (Lipinski definition) is 4. The molecule has 0 aliphatic heterocycles. The van der Waals surface area contributed by atoms with Crippen LogP contribution in [0.25, 0.3) is 0 Å². The summed E-state index contributed by atoms with van der Waals surface area (Å²) in [6, 6.07) is 13.7. The van der Waals surface area contributed by atoms with Gasteiger partial charge < -0.3 is 10.4 Å². The van der Waals surface area contributed by atoms with Gasteiger partial charge in [0, 0.05) is 18.2 Å². The largest absolute Gasteiger partial charge is 0.478 e. The number of benzene rings is 2. The topological polar surface area (TPSA) is 92.5 Å². The van der Waals surface area contributed by atoms with Gasteiger partial charge in [-0.2, -0.15) is 0 Å². The van der Waals surface area contributed by atoms with Gasteiger partial charge in [0.15, 0.2) is 0 Å². The number of carbonyl (C=O) groups is 1. The van der Waals surface area contributed by atoms with Crippen LogP contribution >= 0.6 is 0 Å². The van der Waals surface area contributed by atoms with Crippen LogP contribution in [-0.2, 0) is 13.0 Å². The number of nitro groups is 1. The maximum atomic E-state index is 11.0. The fraction of sp³-hybridized carbons (Fsp3) is 0.188. The van der Waals surface area contributed by atoms with E-state index in [9.17, 15) is 14.9 Å². The Morgan fingerprint density at radius 3 is 2.55 bits per heavy atom. The van der Waals surface area contributed by atoms with E-state index in [4.69, 9.17) is 5.11 Å². The molecule has 2 aromatic rings. The minimum Gasteiger partial charge on any atom is -0.478 e. The predicted molar refractivity (Wildman–Crippen MR) is 81.9 cm³/mol. The van der Waals surface area contributed by atoms with Gasteiger partial charge in [0.25, 0.3) is 5.69 Å². The molecule has 0 fully saturated rings. The molecular weight excluding hydrogens is 284 g/mol. The number of nitrogens with zero attached hydrogens (tertiary/aromatic N) is 1. The highest BCUT2D eigenvalue weighted by atomic mass is 16.6. The molecule has 0 atom stereocenters. The second-order valence-corrected chi connectivity index (χ2v) is 4.82. The van der Waals surface area contributed by atoms with Crippen molar-refractivity contribution in [1.82, 2.24) is 5.32 Å². The first-order valence-electron chi connectivity index (χ1n) is 6.83. The highest BCUT2D eigenvalue weighted by Crippen LogP contribution is 2.20. The molecular formula is C16H16N2O4. The van der Waals surface area contributed by atoms with Crippen LogP contribution < -0.4 is 5.32 Å². The van der Waals surface area contributed by atoms with Gasteiger partial charge in [0.1, 0.15) is 0 Å². The molecule has 22 heavy (non-hydrogen) atoms.